The molecule has 0 aromatic heterocycles. The summed E-state index contributed by atoms with van der Waals surface area (Å²) in [6, 6.07) is 0. The Bertz CT molecular complexity index is 215. The van der Waals surface area contributed by atoms with Crippen LogP contribution in [0.1, 0.15) is 32.6 Å². The molecule has 0 heterocycles. The highest BCUT2D eigenvalue weighted by molar-refractivity contribution is 5.80. The highest BCUT2D eigenvalue weighted by Gasteiger charge is 2.14. The Morgan fingerprint density at radius 2 is 2.14 bits per heavy atom. The molecule has 0 bridgehead atoms. The SMILES string of the molecule is CC(=CC(=O)O)COCC1CCCC1. The molecule has 80 valence electrons. The summed E-state index contributed by atoms with van der Waals surface area (Å²) >= 11 is 0. The van der Waals surface area contributed by atoms with E-state index >= 15 is 0 Å². The van der Waals surface area contributed by atoms with Crippen molar-refractivity contribution in [3.05, 3.63) is 11.6 Å². The Hall–Kier alpha value is -0.830. The van der Waals surface area contributed by atoms with Crippen LogP contribution in [0.15, 0.2) is 11.6 Å². The van der Waals surface area contributed by atoms with Crippen molar-refractivity contribution in [1.82, 2.24) is 0 Å². The molecule has 0 aromatic carbocycles. The molecule has 0 saturated heterocycles. The maximum Gasteiger partial charge on any atom is 0.328 e. The van der Waals surface area contributed by atoms with Crippen molar-refractivity contribution in [3.8, 4) is 0 Å². The third kappa shape index (κ3) is 4.42. The van der Waals surface area contributed by atoms with E-state index in [9.17, 15) is 4.79 Å². The van der Waals surface area contributed by atoms with Crippen LogP contribution in [0.25, 0.3) is 0 Å². The minimum atomic E-state index is -0.896. The van der Waals surface area contributed by atoms with Gasteiger partial charge < -0.3 is 9.84 Å². The van der Waals surface area contributed by atoms with Gasteiger partial charge in [0, 0.05) is 12.7 Å². The van der Waals surface area contributed by atoms with E-state index in [4.69, 9.17) is 9.84 Å². The van der Waals surface area contributed by atoms with Crippen molar-refractivity contribution >= 4 is 5.97 Å². The monoisotopic (exact) mass is 198 g/mol. The molecule has 1 aliphatic rings. The fourth-order valence-electron chi connectivity index (χ4n) is 1.82. The van der Waals surface area contributed by atoms with Gasteiger partial charge in [0.1, 0.15) is 0 Å². The molecule has 0 atom stereocenters. The van der Waals surface area contributed by atoms with Crippen molar-refractivity contribution in [2.24, 2.45) is 5.92 Å². The van der Waals surface area contributed by atoms with Crippen LogP contribution in [0.2, 0.25) is 0 Å². The van der Waals surface area contributed by atoms with Crippen LogP contribution in [0.4, 0.5) is 0 Å². The van der Waals surface area contributed by atoms with Gasteiger partial charge in [-0.05, 0) is 31.3 Å². The zero-order valence-electron chi connectivity index (χ0n) is 8.66. The number of ether oxygens (including phenoxy) is 1. The molecule has 14 heavy (non-hydrogen) atoms. The van der Waals surface area contributed by atoms with E-state index < -0.39 is 5.97 Å². The Kier molecular flexibility index (Phi) is 4.66. The van der Waals surface area contributed by atoms with Crippen molar-refractivity contribution in [3.63, 3.8) is 0 Å². The van der Waals surface area contributed by atoms with Gasteiger partial charge in [-0.2, -0.15) is 0 Å². The third-order valence-electron chi connectivity index (χ3n) is 2.53. The Balaban J connectivity index is 2.11. The molecule has 1 N–H and O–H groups in total. The van der Waals surface area contributed by atoms with Crippen LogP contribution in [-0.4, -0.2) is 24.3 Å². The van der Waals surface area contributed by atoms with Gasteiger partial charge in [0.2, 0.25) is 0 Å². The lowest BCUT2D eigenvalue weighted by molar-refractivity contribution is -0.131. The van der Waals surface area contributed by atoms with E-state index in [2.05, 4.69) is 0 Å². The second kappa shape index (κ2) is 5.81. The number of carbonyl (C=O) groups is 1. The van der Waals surface area contributed by atoms with Crippen molar-refractivity contribution in [2.75, 3.05) is 13.2 Å². The van der Waals surface area contributed by atoms with Gasteiger partial charge in [0.25, 0.3) is 0 Å². The van der Waals surface area contributed by atoms with Crippen LogP contribution < -0.4 is 0 Å². The molecule has 0 spiro atoms. The summed E-state index contributed by atoms with van der Waals surface area (Å²) in [7, 11) is 0. The molecular weight excluding hydrogens is 180 g/mol. The maximum atomic E-state index is 10.3. The lowest BCUT2D eigenvalue weighted by Crippen LogP contribution is -2.07. The van der Waals surface area contributed by atoms with Crippen molar-refractivity contribution in [2.45, 2.75) is 32.6 Å². The van der Waals surface area contributed by atoms with Crippen LogP contribution in [0.5, 0.6) is 0 Å². The topological polar surface area (TPSA) is 46.5 Å². The van der Waals surface area contributed by atoms with E-state index in [1.807, 2.05) is 0 Å². The quantitative estimate of drug-likeness (QED) is 0.689. The number of aliphatic carboxylic acids is 1. The summed E-state index contributed by atoms with van der Waals surface area (Å²) in [5, 5.41) is 8.46. The highest BCUT2D eigenvalue weighted by Crippen LogP contribution is 2.24. The predicted molar refractivity (Wildman–Crippen MR) is 54.2 cm³/mol. The smallest absolute Gasteiger partial charge is 0.328 e. The van der Waals surface area contributed by atoms with E-state index in [0.717, 1.165) is 12.2 Å². The normalized spacial score (nSPS) is 18.8. The first-order valence-corrected chi connectivity index (χ1v) is 5.16. The molecule has 3 nitrogen and oxygen atoms in total. The van der Waals surface area contributed by atoms with Gasteiger partial charge in [0.05, 0.1) is 6.61 Å². The van der Waals surface area contributed by atoms with Gasteiger partial charge in [-0.15, -0.1) is 0 Å². The van der Waals surface area contributed by atoms with Gasteiger partial charge in [0.15, 0.2) is 0 Å². The largest absolute Gasteiger partial charge is 0.478 e. The summed E-state index contributed by atoms with van der Waals surface area (Å²) in [6.07, 6.45) is 6.37. The molecule has 0 amide bonds. The predicted octanol–water partition coefficient (Wildman–Crippen LogP) is 2.22. The number of hydrogen-bond acceptors (Lipinski definition) is 2. The van der Waals surface area contributed by atoms with Gasteiger partial charge >= 0.3 is 5.97 Å². The molecule has 0 radical (unpaired) electrons. The van der Waals surface area contributed by atoms with E-state index in [1.165, 1.54) is 31.8 Å². The molecule has 0 aromatic rings. The second-order valence-electron chi connectivity index (χ2n) is 3.99. The summed E-state index contributed by atoms with van der Waals surface area (Å²) in [4.78, 5) is 10.3. The van der Waals surface area contributed by atoms with Crippen LogP contribution in [-0.2, 0) is 9.53 Å². The summed E-state index contributed by atoms with van der Waals surface area (Å²) in [5.74, 6) is -0.195. The van der Waals surface area contributed by atoms with Crippen LogP contribution in [0.3, 0.4) is 0 Å². The average Bonchev–Trinajstić information content (AvgIpc) is 2.55. The fraction of sp³-hybridized carbons (Fsp3) is 0.727. The molecule has 1 saturated carbocycles. The number of hydrogen-bond donors (Lipinski definition) is 1. The van der Waals surface area contributed by atoms with E-state index in [-0.39, 0.29) is 0 Å². The minimum absolute atomic E-state index is 0.447. The van der Waals surface area contributed by atoms with E-state index in [1.54, 1.807) is 6.92 Å². The maximum absolute atomic E-state index is 10.3. The molecule has 0 aliphatic heterocycles. The van der Waals surface area contributed by atoms with E-state index in [0.29, 0.717) is 12.5 Å². The van der Waals surface area contributed by atoms with Gasteiger partial charge in [-0.25, -0.2) is 4.79 Å². The molecule has 1 fully saturated rings. The number of rotatable bonds is 5. The van der Waals surface area contributed by atoms with Crippen molar-refractivity contribution < 1.29 is 14.6 Å². The standard InChI is InChI=1S/C11H18O3/c1-9(6-11(12)13)7-14-8-10-4-2-3-5-10/h6,10H,2-5,7-8H2,1H3,(H,12,13). The highest BCUT2D eigenvalue weighted by atomic mass is 16.5. The lowest BCUT2D eigenvalue weighted by Gasteiger charge is -2.09. The molecular formula is C11H18O3. The van der Waals surface area contributed by atoms with Crippen LogP contribution >= 0.6 is 0 Å². The molecule has 3 heteroatoms. The zero-order chi connectivity index (χ0) is 10.4. The zero-order valence-corrected chi connectivity index (χ0v) is 8.66. The first-order chi connectivity index (χ1) is 6.68. The summed E-state index contributed by atoms with van der Waals surface area (Å²) < 4.78 is 5.45. The molecule has 1 rings (SSSR count). The molecule has 0 unspecified atom stereocenters. The van der Waals surface area contributed by atoms with Crippen molar-refractivity contribution in [1.29, 1.82) is 0 Å². The van der Waals surface area contributed by atoms with Gasteiger partial charge in [-0.1, -0.05) is 12.8 Å². The molecule has 1 aliphatic carbocycles. The summed E-state index contributed by atoms with van der Waals surface area (Å²) in [5.41, 5.74) is 0.774. The Labute approximate surface area is 84.8 Å². The first-order valence-electron chi connectivity index (χ1n) is 5.16. The average molecular weight is 198 g/mol. The number of carboxylic acid groups (broad SMARTS) is 1. The Morgan fingerprint density at radius 1 is 1.50 bits per heavy atom. The minimum Gasteiger partial charge on any atom is -0.478 e. The number of carboxylic acids is 1. The van der Waals surface area contributed by atoms with Gasteiger partial charge in [-0.3, -0.25) is 0 Å². The second-order valence-corrected chi connectivity index (χ2v) is 3.99. The lowest BCUT2D eigenvalue weighted by atomic mass is 10.1. The third-order valence-corrected chi connectivity index (χ3v) is 2.53. The summed E-state index contributed by atoms with van der Waals surface area (Å²) in [6.45, 7) is 3.01. The Morgan fingerprint density at radius 3 is 2.71 bits per heavy atom. The first kappa shape index (κ1) is 11.2. The fourth-order valence-corrected chi connectivity index (χ4v) is 1.82. The van der Waals surface area contributed by atoms with Crippen LogP contribution in [0, 0.1) is 5.92 Å².